The normalized spacial score (nSPS) is 22.0. The second-order valence-corrected chi connectivity index (χ2v) is 5.92. The topological polar surface area (TPSA) is 81.3 Å². The number of rotatable bonds is 4. The van der Waals surface area contributed by atoms with Crippen molar-refractivity contribution in [1.82, 2.24) is 20.4 Å². The minimum Gasteiger partial charge on any atom is -0.464 e. The molecule has 3 heterocycles. The summed E-state index contributed by atoms with van der Waals surface area (Å²) in [5.41, 5.74) is 0.977. The number of urea groups is 1. The first-order chi connectivity index (χ1) is 11.0. The average molecular weight is 318 g/mol. The summed E-state index contributed by atoms with van der Waals surface area (Å²) in [4.78, 5) is 12.2. The molecule has 3 rings (SSSR count). The van der Waals surface area contributed by atoms with Crippen LogP contribution in [0.4, 0.5) is 4.79 Å². The number of ether oxygens (including phenoxy) is 1. The zero-order chi connectivity index (χ0) is 16.4. The predicted molar refractivity (Wildman–Crippen MR) is 83.8 cm³/mol. The molecule has 23 heavy (non-hydrogen) atoms. The van der Waals surface area contributed by atoms with E-state index in [2.05, 4.69) is 15.7 Å². The Kier molecular flexibility index (Phi) is 4.38. The zero-order valence-electron chi connectivity index (χ0n) is 13.6. The number of hydrogen-bond donors (Lipinski definition) is 2. The van der Waals surface area contributed by atoms with Crippen LogP contribution in [-0.2, 0) is 11.8 Å². The van der Waals surface area contributed by atoms with Gasteiger partial charge in [0.2, 0.25) is 0 Å². The molecule has 7 nitrogen and oxygen atoms in total. The number of nitrogens with zero attached hydrogens (tertiary/aromatic N) is 2. The van der Waals surface area contributed by atoms with Gasteiger partial charge in [-0.15, -0.1) is 0 Å². The summed E-state index contributed by atoms with van der Waals surface area (Å²) in [5, 5.41) is 10.0. The van der Waals surface area contributed by atoms with E-state index in [0.29, 0.717) is 6.61 Å². The number of carbonyl (C=O) groups excluding carboxylic acids is 1. The van der Waals surface area contributed by atoms with Crippen molar-refractivity contribution in [3.8, 4) is 0 Å². The minimum absolute atomic E-state index is 0.0651. The van der Waals surface area contributed by atoms with Gasteiger partial charge in [0.15, 0.2) is 0 Å². The van der Waals surface area contributed by atoms with Crippen LogP contribution >= 0.6 is 0 Å². The molecule has 1 fully saturated rings. The van der Waals surface area contributed by atoms with Gasteiger partial charge in [0.1, 0.15) is 17.6 Å². The van der Waals surface area contributed by atoms with Crippen LogP contribution in [-0.4, -0.2) is 28.5 Å². The van der Waals surface area contributed by atoms with Gasteiger partial charge in [0, 0.05) is 25.4 Å². The fourth-order valence-corrected chi connectivity index (χ4v) is 2.82. The molecule has 0 saturated carbocycles. The molecule has 0 radical (unpaired) electrons. The summed E-state index contributed by atoms with van der Waals surface area (Å²) in [6, 6.07) is 3.27. The van der Waals surface area contributed by atoms with Crippen molar-refractivity contribution in [2.24, 2.45) is 7.05 Å². The van der Waals surface area contributed by atoms with E-state index < -0.39 is 0 Å². The maximum atomic E-state index is 12.2. The van der Waals surface area contributed by atoms with Crippen LogP contribution in [0.2, 0.25) is 0 Å². The Morgan fingerprint density at radius 2 is 2.30 bits per heavy atom. The molecule has 1 aliphatic heterocycles. The van der Waals surface area contributed by atoms with E-state index in [4.69, 9.17) is 9.15 Å². The summed E-state index contributed by atoms with van der Waals surface area (Å²) in [7, 11) is 1.86. The third kappa shape index (κ3) is 3.56. The van der Waals surface area contributed by atoms with E-state index in [1.54, 1.807) is 10.9 Å². The molecule has 0 bridgehead atoms. The van der Waals surface area contributed by atoms with E-state index in [1.807, 2.05) is 39.2 Å². The molecule has 2 aromatic rings. The smallest absolute Gasteiger partial charge is 0.315 e. The Bertz CT molecular complexity index is 678. The number of nitrogens with one attached hydrogen (secondary N) is 2. The van der Waals surface area contributed by atoms with Crippen LogP contribution in [0.15, 0.2) is 28.9 Å². The molecule has 2 amide bonds. The van der Waals surface area contributed by atoms with Crippen molar-refractivity contribution in [1.29, 1.82) is 0 Å². The van der Waals surface area contributed by atoms with E-state index in [-0.39, 0.29) is 24.2 Å². The summed E-state index contributed by atoms with van der Waals surface area (Å²) < 4.78 is 13.0. The Morgan fingerprint density at radius 1 is 1.48 bits per heavy atom. The van der Waals surface area contributed by atoms with Gasteiger partial charge < -0.3 is 19.8 Å². The third-order valence-corrected chi connectivity index (χ3v) is 4.00. The molecule has 2 aromatic heterocycles. The summed E-state index contributed by atoms with van der Waals surface area (Å²) >= 11 is 0. The fourth-order valence-electron chi connectivity index (χ4n) is 2.82. The van der Waals surface area contributed by atoms with Gasteiger partial charge >= 0.3 is 6.03 Å². The summed E-state index contributed by atoms with van der Waals surface area (Å²) in [6.45, 7) is 4.39. The first-order valence-corrected chi connectivity index (χ1v) is 7.76. The second-order valence-electron chi connectivity index (χ2n) is 5.92. The number of aryl methyl sites for hydroxylation is 2. The van der Waals surface area contributed by atoms with Crippen molar-refractivity contribution < 1.29 is 13.9 Å². The standard InChI is InChI=1S/C16H22N4O3/c1-10-4-5-14(23-10)11(2)18-16(21)19-13-6-7-22-15(13)12-8-17-20(3)9-12/h4-5,8-9,11,13,15H,6-7H2,1-3H3,(H2,18,19,21)/t11-,13+,15-/m1/s1. The number of carbonyl (C=O) groups is 1. The predicted octanol–water partition coefficient (Wildman–Crippen LogP) is 2.21. The van der Waals surface area contributed by atoms with Crippen LogP contribution in [0, 0.1) is 6.92 Å². The van der Waals surface area contributed by atoms with E-state index in [1.165, 1.54) is 0 Å². The molecular formula is C16H22N4O3. The molecule has 0 aliphatic carbocycles. The van der Waals surface area contributed by atoms with Crippen molar-refractivity contribution in [2.75, 3.05) is 6.61 Å². The molecule has 3 atom stereocenters. The number of furan rings is 1. The zero-order valence-corrected chi connectivity index (χ0v) is 13.6. The highest BCUT2D eigenvalue weighted by Gasteiger charge is 2.32. The van der Waals surface area contributed by atoms with Gasteiger partial charge in [-0.2, -0.15) is 5.10 Å². The number of amides is 2. The summed E-state index contributed by atoms with van der Waals surface area (Å²) in [5.74, 6) is 1.57. The Labute approximate surface area is 135 Å². The monoisotopic (exact) mass is 318 g/mol. The lowest BCUT2D eigenvalue weighted by Crippen LogP contribution is -2.44. The average Bonchev–Trinajstić information content (AvgIpc) is 3.20. The maximum absolute atomic E-state index is 12.2. The van der Waals surface area contributed by atoms with Crippen LogP contribution in [0.1, 0.15) is 42.6 Å². The van der Waals surface area contributed by atoms with Gasteiger partial charge in [-0.3, -0.25) is 4.68 Å². The van der Waals surface area contributed by atoms with Crippen molar-refractivity contribution in [3.05, 3.63) is 41.6 Å². The number of aromatic nitrogens is 2. The molecule has 0 aromatic carbocycles. The Balaban J connectivity index is 1.58. The largest absolute Gasteiger partial charge is 0.464 e. The lowest BCUT2D eigenvalue weighted by Gasteiger charge is -2.20. The molecule has 0 unspecified atom stereocenters. The van der Waals surface area contributed by atoms with Crippen LogP contribution in [0.3, 0.4) is 0 Å². The van der Waals surface area contributed by atoms with Crippen LogP contribution in [0.5, 0.6) is 0 Å². The molecule has 124 valence electrons. The third-order valence-electron chi connectivity index (χ3n) is 4.00. The van der Waals surface area contributed by atoms with E-state index >= 15 is 0 Å². The number of hydrogen-bond acceptors (Lipinski definition) is 4. The highest BCUT2D eigenvalue weighted by Crippen LogP contribution is 2.28. The molecule has 1 saturated heterocycles. The SMILES string of the molecule is Cc1ccc([C@@H](C)NC(=O)N[C@H]2CCO[C@@H]2c2cnn(C)c2)o1. The van der Waals surface area contributed by atoms with Gasteiger partial charge in [0.25, 0.3) is 0 Å². The molecule has 1 aliphatic rings. The first kappa shape index (κ1) is 15.6. The van der Waals surface area contributed by atoms with Crippen molar-refractivity contribution in [2.45, 2.75) is 38.5 Å². The highest BCUT2D eigenvalue weighted by atomic mass is 16.5. The van der Waals surface area contributed by atoms with Gasteiger partial charge in [-0.25, -0.2) is 4.79 Å². The second kappa shape index (κ2) is 6.45. The molecule has 0 spiro atoms. The van der Waals surface area contributed by atoms with Crippen molar-refractivity contribution in [3.63, 3.8) is 0 Å². The lowest BCUT2D eigenvalue weighted by molar-refractivity contribution is 0.0997. The lowest BCUT2D eigenvalue weighted by atomic mass is 10.1. The van der Waals surface area contributed by atoms with Gasteiger partial charge in [-0.05, 0) is 32.4 Å². The van der Waals surface area contributed by atoms with Crippen molar-refractivity contribution >= 4 is 6.03 Å². The Hall–Kier alpha value is -2.28. The summed E-state index contributed by atoms with van der Waals surface area (Å²) in [6.07, 6.45) is 4.31. The van der Waals surface area contributed by atoms with Crippen LogP contribution < -0.4 is 10.6 Å². The van der Waals surface area contributed by atoms with Crippen LogP contribution in [0.25, 0.3) is 0 Å². The van der Waals surface area contributed by atoms with E-state index in [0.717, 1.165) is 23.5 Å². The Morgan fingerprint density at radius 3 is 2.96 bits per heavy atom. The first-order valence-electron chi connectivity index (χ1n) is 7.76. The quantitative estimate of drug-likeness (QED) is 0.905. The highest BCUT2D eigenvalue weighted by molar-refractivity contribution is 5.74. The van der Waals surface area contributed by atoms with Gasteiger partial charge in [-0.1, -0.05) is 0 Å². The van der Waals surface area contributed by atoms with Gasteiger partial charge in [0.05, 0.1) is 18.3 Å². The molecule has 7 heteroatoms. The fraction of sp³-hybridized carbons (Fsp3) is 0.500. The minimum atomic E-state index is -0.226. The molecular weight excluding hydrogens is 296 g/mol. The van der Waals surface area contributed by atoms with E-state index in [9.17, 15) is 4.79 Å². The molecule has 2 N–H and O–H groups in total. The maximum Gasteiger partial charge on any atom is 0.315 e.